The van der Waals surface area contributed by atoms with Gasteiger partial charge in [-0.25, -0.2) is 8.78 Å². The van der Waals surface area contributed by atoms with Gasteiger partial charge in [0.05, 0.1) is 0 Å². The number of hydrogen-bond donors (Lipinski definition) is 0. The average Bonchev–Trinajstić information content (AvgIpc) is 2.23. The van der Waals surface area contributed by atoms with Crippen molar-refractivity contribution in [2.24, 2.45) is 5.92 Å². The molecule has 0 bridgehead atoms. The molecule has 1 aliphatic rings. The van der Waals surface area contributed by atoms with Gasteiger partial charge in [-0.15, -0.1) is 0 Å². The highest BCUT2D eigenvalue weighted by Crippen LogP contribution is 2.23. The zero-order valence-corrected chi connectivity index (χ0v) is 8.77. The van der Waals surface area contributed by atoms with Crippen LogP contribution in [-0.4, -0.2) is 30.3 Å². The molecule has 0 N–H and O–H groups in total. The average molecular weight is 225 g/mol. The van der Waals surface area contributed by atoms with Gasteiger partial charge in [-0.1, -0.05) is 18.2 Å². The van der Waals surface area contributed by atoms with Gasteiger partial charge in [0.1, 0.15) is 0 Å². The third-order valence-corrected chi connectivity index (χ3v) is 2.78. The number of hydrogen-bond acceptors (Lipinski definition) is 1. The van der Waals surface area contributed by atoms with Crippen molar-refractivity contribution in [3.05, 3.63) is 35.9 Å². The van der Waals surface area contributed by atoms with Crippen molar-refractivity contribution in [2.45, 2.75) is 12.8 Å². The fourth-order valence-electron chi connectivity index (χ4n) is 1.90. The number of rotatable bonds is 3. The molecule has 86 valence electrons. The molecule has 2 nitrogen and oxygen atoms in total. The molecule has 16 heavy (non-hydrogen) atoms. The van der Waals surface area contributed by atoms with Crippen molar-refractivity contribution in [3.8, 4) is 0 Å². The molecule has 1 amide bonds. The molecule has 1 saturated heterocycles. The smallest absolute Gasteiger partial charge is 0.253 e. The molecule has 1 heterocycles. The Balaban J connectivity index is 1.86. The Labute approximate surface area is 92.9 Å². The first-order valence-corrected chi connectivity index (χ1v) is 5.29. The number of likely N-dealkylation sites (tertiary alicyclic amines) is 1. The summed E-state index contributed by atoms with van der Waals surface area (Å²) in [6.45, 7) is 0.913. The topological polar surface area (TPSA) is 20.3 Å². The van der Waals surface area contributed by atoms with Gasteiger partial charge in [0.25, 0.3) is 5.91 Å². The van der Waals surface area contributed by atoms with Gasteiger partial charge >= 0.3 is 0 Å². The Kier molecular flexibility index (Phi) is 3.17. The van der Waals surface area contributed by atoms with Crippen LogP contribution in [0.15, 0.2) is 30.3 Å². The fraction of sp³-hybridized carbons (Fsp3) is 0.417. The summed E-state index contributed by atoms with van der Waals surface area (Å²) in [6.07, 6.45) is -2.36. The third kappa shape index (κ3) is 2.38. The molecule has 1 aliphatic heterocycles. The Bertz CT molecular complexity index is 361. The number of amides is 1. The minimum Gasteiger partial charge on any atom is -0.338 e. The van der Waals surface area contributed by atoms with E-state index in [9.17, 15) is 13.6 Å². The number of carbonyl (C=O) groups is 1. The van der Waals surface area contributed by atoms with E-state index in [-0.39, 0.29) is 18.2 Å². The summed E-state index contributed by atoms with van der Waals surface area (Å²) >= 11 is 0. The first-order chi connectivity index (χ1) is 7.66. The van der Waals surface area contributed by atoms with E-state index < -0.39 is 6.43 Å². The quantitative estimate of drug-likeness (QED) is 0.773. The Hall–Kier alpha value is -1.45. The molecular formula is C12H13F2NO. The lowest BCUT2D eigenvalue weighted by molar-refractivity contribution is 0.0280. The second kappa shape index (κ2) is 4.60. The highest BCUT2D eigenvalue weighted by Gasteiger charge is 2.32. The second-order valence-electron chi connectivity index (χ2n) is 4.07. The Morgan fingerprint density at radius 2 is 1.94 bits per heavy atom. The second-order valence-corrected chi connectivity index (χ2v) is 4.07. The van der Waals surface area contributed by atoms with Crippen LogP contribution in [0.25, 0.3) is 0 Å². The summed E-state index contributed by atoms with van der Waals surface area (Å²) in [5, 5.41) is 0. The van der Waals surface area contributed by atoms with E-state index in [1.54, 1.807) is 29.2 Å². The SMILES string of the molecule is O=C(c1ccccc1)N1CC(CC(F)F)C1. The third-order valence-electron chi connectivity index (χ3n) is 2.78. The van der Waals surface area contributed by atoms with E-state index in [0.717, 1.165) is 0 Å². The molecule has 0 unspecified atom stereocenters. The van der Waals surface area contributed by atoms with Gasteiger partial charge in [-0.05, 0) is 18.1 Å². The fourth-order valence-corrected chi connectivity index (χ4v) is 1.90. The predicted octanol–water partition coefficient (Wildman–Crippen LogP) is 2.41. The molecule has 0 atom stereocenters. The summed E-state index contributed by atoms with van der Waals surface area (Å²) in [5.41, 5.74) is 0.623. The highest BCUT2D eigenvalue weighted by atomic mass is 19.3. The maximum Gasteiger partial charge on any atom is 0.253 e. The lowest BCUT2D eigenvalue weighted by Gasteiger charge is -2.39. The Morgan fingerprint density at radius 3 is 2.50 bits per heavy atom. The van der Waals surface area contributed by atoms with Crippen LogP contribution >= 0.6 is 0 Å². The Morgan fingerprint density at radius 1 is 1.31 bits per heavy atom. The number of benzene rings is 1. The van der Waals surface area contributed by atoms with Crippen molar-refractivity contribution in [1.82, 2.24) is 4.90 Å². The molecule has 0 spiro atoms. The van der Waals surface area contributed by atoms with Gasteiger partial charge in [0.15, 0.2) is 0 Å². The predicted molar refractivity (Wildman–Crippen MR) is 56.5 cm³/mol. The molecule has 0 radical (unpaired) electrons. The van der Waals surface area contributed by atoms with Crippen LogP contribution in [0.5, 0.6) is 0 Å². The minimum atomic E-state index is -2.26. The summed E-state index contributed by atoms with van der Waals surface area (Å²) in [6, 6.07) is 8.91. The van der Waals surface area contributed by atoms with Crippen LogP contribution in [0, 0.1) is 5.92 Å². The number of carbonyl (C=O) groups excluding carboxylic acids is 1. The molecule has 1 aromatic carbocycles. The van der Waals surface area contributed by atoms with E-state index in [4.69, 9.17) is 0 Å². The number of halogens is 2. The monoisotopic (exact) mass is 225 g/mol. The normalized spacial score (nSPS) is 16.3. The molecule has 1 aromatic rings. The summed E-state index contributed by atoms with van der Waals surface area (Å²) in [5.74, 6) is -0.0984. The largest absolute Gasteiger partial charge is 0.338 e. The molecule has 4 heteroatoms. The van der Waals surface area contributed by atoms with Crippen LogP contribution in [0.2, 0.25) is 0 Å². The van der Waals surface area contributed by atoms with E-state index in [2.05, 4.69) is 0 Å². The van der Waals surface area contributed by atoms with Crippen LogP contribution in [0.1, 0.15) is 16.8 Å². The molecule has 2 rings (SSSR count). The maximum atomic E-state index is 12.1. The van der Waals surface area contributed by atoms with Crippen molar-refractivity contribution in [2.75, 3.05) is 13.1 Å². The number of alkyl halides is 2. The number of nitrogens with zero attached hydrogens (tertiary/aromatic N) is 1. The minimum absolute atomic E-state index is 0.0346. The standard InChI is InChI=1S/C12H13F2NO/c13-11(14)6-9-7-15(8-9)12(16)10-4-2-1-3-5-10/h1-5,9,11H,6-8H2. The molecule has 0 saturated carbocycles. The van der Waals surface area contributed by atoms with Gasteiger partial charge < -0.3 is 4.90 Å². The lowest BCUT2D eigenvalue weighted by atomic mass is 9.95. The van der Waals surface area contributed by atoms with E-state index >= 15 is 0 Å². The van der Waals surface area contributed by atoms with Crippen LogP contribution in [0.4, 0.5) is 8.78 Å². The maximum absolute atomic E-state index is 12.1. The summed E-state index contributed by atoms with van der Waals surface area (Å²) < 4.78 is 24.1. The first kappa shape index (κ1) is 11.0. The van der Waals surface area contributed by atoms with E-state index in [1.807, 2.05) is 6.07 Å². The van der Waals surface area contributed by atoms with Crippen molar-refractivity contribution < 1.29 is 13.6 Å². The van der Waals surface area contributed by atoms with Crippen LogP contribution in [0.3, 0.4) is 0 Å². The van der Waals surface area contributed by atoms with Gasteiger partial charge in [-0.3, -0.25) is 4.79 Å². The molecule has 1 fully saturated rings. The highest BCUT2D eigenvalue weighted by molar-refractivity contribution is 5.94. The van der Waals surface area contributed by atoms with Crippen molar-refractivity contribution in [3.63, 3.8) is 0 Å². The van der Waals surface area contributed by atoms with E-state index in [0.29, 0.717) is 18.7 Å². The molecule has 0 aromatic heterocycles. The first-order valence-electron chi connectivity index (χ1n) is 5.29. The van der Waals surface area contributed by atoms with E-state index in [1.165, 1.54) is 0 Å². The van der Waals surface area contributed by atoms with Crippen molar-refractivity contribution >= 4 is 5.91 Å². The van der Waals surface area contributed by atoms with Crippen LogP contribution < -0.4 is 0 Å². The summed E-state index contributed by atoms with van der Waals surface area (Å²) in [4.78, 5) is 13.4. The zero-order valence-electron chi connectivity index (χ0n) is 8.77. The summed E-state index contributed by atoms with van der Waals surface area (Å²) in [7, 11) is 0. The van der Waals surface area contributed by atoms with Crippen LogP contribution in [-0.2, 0) is 0 Å². The molecule has 0 aliphatic carbocycles. The lowest BCUT2D eigenvalue weighted by Crippen LogP contribution is -2.50. The van der Waals surface area contributed by atoms with Gasteiger partial charge in [-0.2, -0.15) is 0 Å². The van der Waals surface area contributed by atoms with Gasteiger partial charge in [0, 0.05) is 25.1 Å². The van der Waals surface area contributed by atoms with Gasteiger partial charge in [0.2, 0.25) is 6.43 Å². The van der Waals surface area contributed by atoms with Crippen molar-refractivity contribution in [1.29, 1.82) is 0 Å². The molecular weight excluding hydrogens is 212 g/mol. The zero-order chi connectivity index (χ0) is 11.5.